The van der Waals surface area contributed by atoms with Crippen molar-refractivity contribution in [2.45, 2.75) is 41.5 Å². The highest BCUT2D eigenvalue weighted by atomic mass is 31.2. The number of hydrogen-bond acceptors (Lipinski definition) is 7. The second-order valence-corrected chi connectivity index (χ2v) is 15.6. The molecule has 0 saturated heterocycles. The van der Waals surface area contributed by atoms with Crippen LogP contribution in [-0.2, 0) is 22.9 Å². The van der Waals surface area contributed by atoms with Crippen molar-refractivity contribution in [2.24, 2.45) is 0 Å². The molecule has 0 radical (unpaired) electrons. The molecule has 0 fully saturated rings. The number of hydrogen-bond donors (Lipinski definition) is 0. The maximum absolute atomic E-state index is 13.6. The molecule has 0 aliphatic rings. The largest absolute Gasteiger partial charge is 0.499 e. The van der Waals surface area contributed by atoms with Crippen LogP contribution in [0.4, 0.5) is 0 Å². The molecule has 0 bridgehead atoms. The van der Waals surface area contributed by atoms with Crippen molar-refractivity contribution in [3.8, 4) is 0 Å². The Bertz CT molecular complexity index is 1800. The van der Waals surface area contributed by atoms with E-state index in [1.807, 2.05) is 71.9 Å². The molecular formula is C38H42O7P2. The van der Waals surface area contributed by atoms with Gasteiger partial charge in [0.15, 0.2) is 0 Å². The molecule has 7 nitrogen and oxygen atoms in total. The Kier molecular flexibility index (Phi) is 13.1. The molecule has 0 aliphatic carbocycles. The Hall–Kier alpha value is -4.28. The van der Waals surface area contributed by atoms with Gasteiger partial charge in [0, 0.05) is 16.4 Å². The summed E-state index contributed by atoms with van der Waals surface area (Å²) < 4.78 is 42.7. The normalized spacial score (nSPS) is 13.1. The third kappa shape index (κ3) is 8.75. The topological polar surface area (TPSA) is 96.0 Å². The molecule has 4 rings (SSSR count). The summed E-state index contributed by atoms with van der Waals surface area (Å²) in [6.07, 6.45) is 2.36. The minimum atomic E-state index is -3.75. The fraction of sp³-hybridized carbons (Fsp3) is 0.211. The van der Waals surface area contributed by atoms with E-state index < -0.39 is 25.8 Å². The van der Waals surface area contributed by atoms with E-state index >= 15 is 0 Å². The summed E-state index contributed by atoms with van der Waals surface area (Å²) in [5, 5.41) is 0.761. The van der Waals surface area contributed by atoms with Crippen molar-refractivity contribution in [1.29, 1.82) is 0 Å². The van der Waals surface area contributed by atoms with Crippen LogP contribution in [0.15, 0.2) is 111 Å². The average Bonchev–Trinajstić information content (AvgIpc) is 3.03. The van der Waals surface area contributed by atoms with E-state index in [-0.39, 0.29) is 13.2 Å². The van der Waals surface area contributed by atoms with Gasteiger partial charge in [0.2, 0.25) is 0 Å². The van der Waals surface area contributed by atoms with Crippen LogP contribution in [0, 0.1) is 41.5 Å². The quantitative estimate of drug-likeness (QED) is 0.0795. The summed E-state index contributed by atoms with van der Waals surface area (Å²) in [6.45, 7) is 18.4. The fourth-order valence-electron chi connectivity index (χ4n) is 5.46. The van der Waals surface area contributed by atoms with Gasteiger partial charge in [-0.05, 0) is 88.1 Å². The molecule has 0 amide bonds. The van der Waals surface area contributed by atoms with Crippen molar-refractivity contribution in [3.63, 3.8) is 0 Å². The second-order valence-electron chi connectivity index (χ2n) is 11.1. The summed E-state index contributed by atoms with van der Waals surface area (Å²) in [5.41, 5.74) is 5.25. The Labute approximate surface area is 278 Å². The predicted octanol–water partition coefficient (Wildman–Crippen LogP) is 9.05. The molecule has 47 heavy (non-hydrogen) atoms. The van der Waals surface area contributed by atoms with Gasteiger partial charge in [-0.1, -0.05) is 84.9 Å². The fourth-order valence-corrected chi connectivity index (χ4v) is 9.37. The minimum absolute atomic E-state index is 0.0356. The van der Waals surface area contributed by atoms with Crippen LogP contribution in [0.5, 0.6) is 0 Å². The SMILES string of the molecule is C=COCCOP(=O)(C(=O)c1c(C)cc(C)cc1C)c1ccccc1.C=COP(=O)(C(=O)c1c(C)cc(C)cc1C)c1ccccc1. The summed E-state index contributed by atoms with van der Waals surface area (Å²) in [5.74, 6) is 0. The number of carbonyl (C=O) groups is 2. The van der Waals surface area contributed by atoms with E-state index in [9.17, 15) is 18.7 Å². The monoisotopic (exact) mass is 672 g/mol. The number of aryl methyl sites for hydroxylation is 6. The lowest BCUT2D eigenvalue weighted by molar-refractivity contribution is 0.104. The van der Waals surface area contributed by atoms with E-state index in [1.54, 1.807) is 54.6 Å². The minimum Gasteiger partial charge on any atom is -0.499 e. The van der Waals surface area contributed by atoms with E-state index in [2.05, 4.69) is 13.2 Å². The highest BCUT2D eigenvalue weighted by Gasteiger charge is 2.39. The second kappa shape index (κ2) is 16.5. The number of ether oxygens (including phenoxy) is 1. The van der Waals surface area contributed by atoms with Crippen LogP contribution < -0.4 is 10.6 Å². The molecule has 0 spiro atoms. The molecular weight excluding hydrogens is 630 g/mol. The lowest BCUT2D eigenvalue weighted by Crippen LogP contribution is -2.19. The Morgan fingerprint density at radius 2 is 0.979 bits per heavy atom. The molecule has 0 saturated carbocycles. The van der Waals surface area contributed by atoms with Crippen molar-refractivity contribution in [3.05, 3.63) is 155 Å². The molecule has 4 aromatic rings. The number of benzene rings is 4. The van der Waals surface area contributed by atoms with E-state index in [0.717, 1.165) is 39.6 Å². The average molecular weight is 673 g/mol. The van der Waals surface area contributed by atoms with E-state index in [4.69, 9.17) is 13.8 Å². The highest BCUT2D eigenvalue weighted by Crippen LogP contribution is 2.51. The van der Waals surface area contributed by atoms with Gasteiger partial charge in [-0.15, -0.1) is 0 Å². The third-order valence-corrected chi connectivity index (χ3v) is 11.8. The van der Waals surface area contributed by atoms with Gasteiger partial charge in [0.25, 0.3) is 11.0 Å². The first-order valence-electron chi connectivity index (χ1n) is 15.0. The third-order valence-electron chi connectivity index (χ3n) is 7.32. The van der Waals surface area contributed by atoms with Crippen LogP contribution in [0.1, 0.15) is 54.1 Å². The van der Waals surface area contributed by atoms with Crippen LogP contribution in [-0.4, -0.2) is 24.3 Å². The summed E-state index contributed by atoms with van der Waals surface area (Å²) in [4.78, 5) is 26.2. The van der Waals surface area contributed by atoms with Gasteiger partial charge >= 0.3 is 14.7 Å². The lowest BCUT2D eigenvalue weighted by atomic mass is 10.0. The molecule has 246 valence electrons. The highest BCUT2D eigenvalue weighted by molar-refractivity contribution is 7.84. The molecule has 9 heteroatoms. The predicted molar refractivity (Wildman–Crippen MR) is 191 cm³/mol. The van der Waals surface area contributed by atoms with Crippen LogP contribution >= 0.6 is 14.7 Å². The summed E-state index contributed by atoms with van der Waals surface area (Å²) in [6, 6.07) is 24.8. The van der Waals surface area contributed by atoms with Crippen LogP contribution in [0.2, 0.25) is 0 Å². The maximum atomic E-state index is 13.6. The Morgan fingerprint density at radius 1 is 0.596 bits per heavy atom. The Balaban J connectivity index is 0.000000257. The van der Waals surface area contributed by atoms with Gasteiger partial charge < -0.3 is 13.8 Å². The zero-order chi connectivity index (χ0) is 34.8. The summed E-state index contributed by atoms with van der Waals surface area (Å²) in [7, 11) is -7.46. The Morgan fingerprint density at radius 3 is 1.36 bits per heavy atom. The van der Waals surface area contributed by atoms with Gasteiger partial charge in [-0.2, -0.15) is 0 Å². The smallest absolute Gasteiger partial charge is 0.345 e. The van der Waals surface area contributed by atoms with Crippen LogP contribution in [0.3, 0.4) is 0 Å². The van der Waals surface area contributed by atoms with Gasteiger partial charge in [-0.3, -0.25) is 18.7 Å². The van der Waals surface area contributed by atoms with Gasteiger partial charge in [0.05, 0.1) is 24.4 Å². The molecule has 2 unspecified atom stereocenters. The van der Waals surface area contributed by atoms with E-state index in [0.29, 0.717) is 21.7 Å². The lowest BCUT2D eigenvalue weighted by Gasteiger charge is -2.20. The van der Waals surface area contributed by atoms with Crippen molar-refractivity contribution in [2.75, 3.05) is 13.2 Å². The van der Waals surface area contributed by atoms with Crippen molar-refractivity contribution in [1.82, 2.24) is 0 Å². The zero-order valence-corrected chi connectivity index (χ0v) is 29.6. The molecule has 0 heterocycles. The standard InChI is InChI=1S/C20H23O4P.C18H19O3P/c1-5-23-11-12-24-25(22,18-9-7-6-8-10-18)20(21)19-16(3)13-15(2)14-17(19)4;1-5-21-22(20,16-9-7-6-8-10-16)18(19)17-14(3)11-13(2)12-15(17)4/h5-10,13-14H,1,11-12H2,2-4H3;5-12H,1H2,2-4H3. The molecule has 2 atom stereocenters. The zero-order valence-electron chi connectivity index (χ0n) is 27.8. The van der Waals surface area contributed by atoms with Gasteiger partial charge in [0.1, 0.15) is 6.61 Å². The van der Waals surface area contributed by atoms with Gasteiger partial charge in [-0.25, -0.2) is 0 Å². The first kappa shape index (κ1) is 37.2. The van der Waals surface area contributed by atoms with E-state index in [1.165, 1.54) is 6.26 Å². The first-order valence-corrected chi connectivity index (χ1v) is 18.3. The first-order chi connectivity index (χ1) is 22.3. The van der Waals surface area contributed by atoms with Crippen LogP contribution in [0.25, 0.3) is 0 Å². The van der Waals surface area contributed by atoms with Crippen molar-refractivity contribution < 1.29 is 32.5 Å². The number of rotatable bonds is 13. The molecule has 0 aromatic heterocycles. The number of carbonyl (C=O) groups excluding carboxylic acids is 2. The summed E-state index contributed by atoms with van der Waals surface area (Å²) >= 11 is 0. The molecule has 4 aromatic carbocycles. The maximum Gasteiger partial charge on any atom is 0.345 e. The molecule has 0 N–H and O–H groups in total. The van der Waals surface area contributed by atoms with Crippen molar-refractivity contribution >= 4 is 36.4 Å². The molecule has 0 aliphatic heterocycles.